The first-order valence-electron chi connectivity index (χ1n) is 19.7. The van der Waals surface area contributed by atoms with Crippen LogP contribution in [0, 0.1) is 11.3 Å². The molecule has 8 aromatic carbocycles. The van der Waals surface area contributed by atoms with Gasteiger partial charge in [0.05, 0.1) is 22.8 Å². The van der Waals surface area contributed by atoms with Crippen molar-refractivity contribution in [1.29, 1.82) is 5.26 Å². The van der Waals surface area contributed by atoms with E-state index in [1.165, 1.54) is 0 Å². The zero-order valence-electron chi connectivity index (χ0n) is 32.3. The Hall–Kier alpha value is -8.40. The van der Waals surface area contributed by atoms with Crippen LogP contribution in [0.2, 0.25) is 0 Å². The topological polar surface area (TPSA) is 88.2 Å². The van der Waals surface area contributed by atoms with Gasteiger partial charge in [-0.25, -0.2) is 24.9 Å². The van der Waals surface area contributed by atoms with Gasteiger partial charge in [-0.3, -0.25) is 0 Å². The highest BCUT2D eigenvalue weighted by Crippen LogP contribution is 2.42. The first-order valence-corrected chi connectivity index (χ1v) is 19.7. The third-order valence-corrected chi connectivity index (χ3v) is 10.6. The standard InChI is InChI=1S/C54H34N6/c55-35-43-22-10-11-25-44(43)41-23-14-24-42(34-41)54-59-52(39-20-8-3-9-21-39)58-53(60-54)40-32-30-37(31-33-40)49-45(36-16-4-1-5-17-36)27-15-28-47(49)50-46-26-12-13-29-48(46)56-51(57-50)38-18-6-2-7-19-38/h1-34H. The zero-order chi connectivity index (χ0) is 40.3. The third-order valence-electron chi connectivity index (χ3n) is 10.6. The number of fused-ring (bicyclic) bond motifs is 1. The summed E-state index contributed by atoms with van der Waals surface area (Å²) in [5, 5.41) is 10.8. The van der Waals surface area contributed by atoms with Crippen LogP contribution in [0.4, 0.5) is 0 Å². The summed E-state index contributed by atoms with van der Waals surface area (Å²) in [6.45, 7) is 0. The van der Waals surface area contributed by atoms with Crippen molar-refractivity contribution < 1.29 is 0 Å². The SMILES string of the molecule is N#Cc1ccccc1-c1cccc(-c2nc(-c3ccccc3)nc(-c3ccc(-c4c(-c5ccccc5)cccc4-c4nc(-c5ccccc5)nc5ccccc45)cc3)n2)c1. The molecule has 10 rings (SSSR count). The molecule has 0 bridgehead atoms. The maximum Gasteiger partial charge on any atom is 0.164 e. The van der Waals surface area contributed by atoms with Gasteiger partial charge in [-0.1, -0.05) is 188 Å². The largest absolute Gasteiger partial charge is 0.228 e. The van der Waals surface area contributed by atoms with Crippen LogP contribution in [0.3, 0.4) is 0 Å². The van der Waals surface area contributed by atoms with Crippen LogP contribution in [-0.4, -0.2) is 24.9 Å². The molecule has 0 unspecified atom stereocenters. The summed E-state index contributed by atoms with van der Waals surface area (Å²) in [4.78, 5) is 25.4. The Bertz CT molecular complexity index is 3200. The molecule has 0 aliphatic heterocycles. The lowest BCUT2D eigenvalue weighted by atomic mass is 9.88. The Labute approximate surface area is 347 Å². The van der Waals surface area contributed by atoms with Crippen LogP contribution >= 0.6 is 0 Å². The van der Waals surface area contributed by atoms with Gasteiger partial charge in [0, 0.05) is 33.2 Å². The first kappa shape index (κ1) is 36.0. The molecule has 2 heterocycles. The zero-order valence-corrected chi connectivity index (χ0v) is 32.3. The molecule has 0 amide bonds. The van der Waals surface area contributed by atoms with Gasteiger partial charge in [0.1, 0.15) is 0 Å². The van der Waals surface area contributed by atoms with Gasteiger partial charge in [-0.2, -0.15) is 5.26 Å². The molecule has 0 aliphatic carbocycles. The lowest BCUT2D eigenvalue weighted by molar-refractivity contribution is 1.07. The van der Waals surface area contributed by atoms with E-state index in [0.717, 1.165) is 77.8 Å². The molecule has 0 N–H and O–H groups in total. The average Bonchev–Trinajstić information content (AvgIpc) is 3.34. The van der Waals surface area contributed by atoms with Gasteiger partial charge < -0.3 is 0 Å². The quantitative estimate of drug-likeness (QED) is 0.153. The van der Waals surface area contributed by atoms with E-state index < -0.39 is 0 Å². The van der Waals surface area contributed by atoms with E-state index in [1.54, 1.807) is 0 Å². The highest BCUT2D eigenvalue weighted by atomic mass is 15.0. The Morgan fingerprint density at radius 2 is 0.783 bits per heavy atom. The molecule has 10 aromatic rings. The summed E-state index contributed by atoms with van der Waals surface area (Å²) in [6.07, 6.45) is 0. The van der Waals surface area contributed by atoms with Crippen LogP contribution < -0.4 is 0 Å². The van der Waals surface area contributed by atoms with Gasteiger partial charge >= 0.3 is 0 Å². The van der Waals surface area contributed by atoms with Crippen LogP contribution in [0.5, 0.6) is 0 Å². The van der Waals surface area contributed by atoms with Gasteiger partial charge in [0.25, 0.3) is 0 Å². The molecule has 0 radical (unpaired) electrons. The van der Waals surface area contributed by atoms with Gasteiger partial charge in [-0.05, 0) is 51.6 Å². The van der Waals surface area contributed by atoms with E-state index in [2.05, 4.69) is 84.9 Å². The normalized spacial score (nSPS) is 11.0. The summed E-state index contributed by atoms with van der Waals surface area (Å²) in [6, 6.07) is 71.7. The summed E-state index contributed by atoms with van der Waals surface area (Å²) >= 11 is 0. The summed E-state index contributed by atoms with van der Waals surface area (Å²) in [7, 11) is 0. The number of aromatic nitrogens is 5. The fourth-order valence-corrected chi connectivity index (χ4v) is 7.71. The average molecular weight is 767 g/mol. The second-order valence-corrected chi connectivity index (χ2v) is 14.4. The van der Waals surface area contributed by atoms with Crippen molar-refractivity contribution in [3.63, 3.8) is 0 Å². The van der Waals surface area contributed by atoms with Gasteiger partial charge in [0.2, 0.25) is 0 Å². The third kappa shape index (κ3) is 6.97. The Morgan fingerprint density at radius 1 is 0.317 bits per heavy atom. The van der Waals surface area contributed by atoms with Crippen LogP contribution in [0.25, 0.3) is 101 Å². The fourth-order valence-electron chi connectivity index (χ4n) is 7.71. The summed E-state index contributed by atoms with van der Waals surface area (Å²) in [5.74, 6) is 2.35. The van der Waals surface area contributed by atoms with Gasteiger partial charge in [-0.15, -0.1) is 0 Å². The molecule has 6 nitrogen and oxygen atoms in total. The summed E-state index contributed by atoms with van der Waals surface area (Å²) in [5.41, 5.74) is 12.9. The van der Waals surface area contributed by atoms with Crippen LogP contribution in [0.1, 0.15) is 5.56 Å². The minimum atomic E-state index is 0.542. The van der Waals surface area contributed by atoms with Crippen LogP contribution in [-0.2, 0) is 0 Å². The van der Waals surface area contributed by atoms with E-state index in [4.69, 9.17) is 24.9 Å². The molecule has 0 saturated heterocycles. The van der Waals surface area contributed by atoms with E-state index in [-0.39, 0.29) is 0 Å². The lowest BCUT2D eigenvalue weighted by Gasteiger charge is -2.18. The van der Waals surface area contributed by atoms with Gasteiger partial charge in [0.15, 0.2) is 23.3 Å². The molecular weight excluding hydrogens is 733 g/mol. The molecule has 0 atom stereocenters. The van der Waals surface area contributed by atoms with Crippen molar-refractivity contribution in [2.75, 3.05) is 0 Å². The second kappa shape index (κ2) is 15.9. The van der Waals surface area contributed by atoms with E-state index in [0.29, 0.717) is 28.9 Å². The van der Waals surface area contributed by atoms with Crippen molar-refractivity contribution >= 4 is 10.9 Å². The number of para-hydroxylation sites is 1. The van der Waals surface area contributed by atoms with E-state index >= 15 is 0 Å². The fraction of sp³-hybridized carbons (Fsp3) is 0. The van der Waals surface area contributed by atoms with E-state index in [1.807, 2.05) is 127 Å². The van der Waals surface area contributed by atoms with Crippen molar-refractivity contribution in [3.8, 4) is 96.3 Å². The first-order chi connectivity index (χ1) is 29.7. The summed E-state index contributed by atoms with van der Waals surface area (Å²) < 4.78 is 0. The molecule has 6 heteroatoms. The minimum Gasteiger partial charge on any atom is -0.228 e. The molecule has 280 valence electrons. The number of nitrogens with zero attached hydrogens (tertiary/aromatic N) is 6. The molecule has 0 aliphatic rings. The number of hydrogen-bond donors (Lipinski definition) is 0. The van der Waals surface area contributed by atoms with Crippen molar-refractivity contribution in [1.82, 2.24) is 24.9 Å². The molecule has 2 aromatic heterocycles. The molecule has 0 spiro atoms. The van der Waals surface area contributed by atoms with E-state index in [9.17, 15) is 5.26 Å². The molecular formula is C54H34N6. The van der Waals surface area contributed by atoms with Crippen molar-refractivity contribution in [2.45, 2.75) is 0 Å². The number of hydrogen-bond acceptors (Lipinski definition) is 6. The number of rotatable bonds is 8. The highest BCUT2D eigenvalue weighted by Gasteiger charge is 2.20. The predicted molar refractivity (Wildman–Crippen MR) is 241 cm³/mol. The van der Waals surface area contributed by atoms with Crippen molar-refractivity contribution in [3.05, 3.63) is 212 Å². The molecule has 60 heavy (non-hydrogen) atoms. The lowest BCUT2D eigenvalue weighted by Crippen LogP contribution is -2.00. The maximum atomic E-state index is 9.84. The van der Waals surface area contributed by atoms with Crippen molar-refractivity contribution in [2.24, 2.45) is 0 Å². The molecule has 0 fully saturated rings. The minimum absolute atomic E-state index is 0.542. The number of nitriles is 1. The predicted octanol–water partition coefficient (Wildman–Crippen LogP) is 13.0. The smallest absolute Gasteiger partial charge is 0.164 e. The van der Waals surface area contributed by atoms with Crippen LogP contribution in [0.15, 0.2) is 206 Å². The second-order valence-electron chi connectivity index (χ2n) is 14.4. The Morgan fingerprint density at radius 3 is 1.47 bits per heavy atom. The monoisotopic (exact) mass is 766 g/mol. The highest BCUT2D eigenvalue weighted by molar-refractivity contribution is 6.02. The Balaban J connectivity index is 1.13. The molecule has 0 saturated carbocycles. The Kier molecular flexibility index (Phi) is 9.51. The number of benzene rings is 8. The maximum absolute atomic E-state index is 9.84.